The predicted octanol–water partition coefficient (Wildman–Crippen LogP) is -1.64. The summed E-state index contributed by atoms with van der Waals surface area (Å²) in [5.41, 5.74) is 6.19. The standard InChI is InChI=1S/C21H28N4O9S/c22-12(9-17(28)29)18(30)24-14(8-11-4-2-1-3-5-11)20(32)23-13(6-7-16(26)27)19(31)25-15(10-35)21(33)34/h1-5,12-15,35H,6-10,22H2,(H,23,32)(H,24,30)(H,25,31)(H,26,27)(H,28,29)(H,33,34). The molecule has 0 fully saturated rings. The van der Waals surface area contributed by atoms with Gasteiger partial charge in [0.25, 0.3) is 0 Å². The molecule has 0 saturated heterocycles. The molecule has 0 aliphatic heterocycles. The fourth-order valence-corrected chi connectivity index (χ4v) is 3.13. The van der Waals surface area contributed by atoms with Crippen LogP contribution in [0.3, 0.4) is 0 Å². The SMILES string of the molecule is NC(CC(=O)O)C(=O)NC(Cc1ccccc1)C(=O)NC(CCC(=O)O)C(=O)NC(CS)C(=O)O. The molecule has 1 aromatic carbocycles. The highest BCUT2D eigenvalue weighted by Gasteiger charge is 2.30. The van der Waals surface area contributed by atoms with Crippen LogP contribution in [0.15, 0.2) is 30.3 Å². The Hall–Kier alpha value is -3.65. The van der Waals surface area contributed by atoms with E-state index in [2.05, 4.69) is 28.6 Å². The van der Waals surface area contributed by atoms with Crippen molar-refractivity contribution in [3.05, 3.63) is 35.9 Å². The number of rotatable bonds is 15. The number of carboxylic acids is 3. The van der Waals surface area contributed by atoms with Crippen LogP contribution in [0, 0.1) is 0 Å². The molecule has 0 spiro atoms. The fraction of sp³-hybridized carbons (Fsp3) is 0.429. The lowest BCUT2D eigenvalue weighted by atomic mass is 10.0. The van der Waals surface area contributed by atoms with Gasteiger partial charge < -0.3 is 37.0 Å². The molecular formula is C21H28N4O9S. The van der Waals surface area contributed by atoms with Crippen molar-refractivity contribution in [2.75, 3.05) is 5.75 Å². The van der Waals surface area contributed by atoms with Crippen molar-refractivity contribution in [3.8, 4) is 0 Å². The van der Waals surface area contributed by atoms with E-state index >= 15 is 0 Å². The van der Waals surface area contributed by atoms with E-state index in [-0.39, 0.29) is 18.6 Å². The molecule has 35 heavy (non-hydrogen) atoms. The Labute approximate surface area is 205 Å². The van der Waals surface area contributed by atoms with Crippen molar-refractivity contribution < 1.29 is 44.1 Å². The summed E-state index contributed by atoms with van der Waals surface area (Å²) in [4.78, 5) is 71.1. The van der Waals surface area contributed by atoms with Crippen molar-refractivity contribution in [2.45, 2.75) is 49.9 Å². The third-order valence-electron chi connectivity index (χ3n) is 4.72. The zero-order valence-electron chi connectivity index (χ0n) is 18.5. The van der Waals surface area contributed by atoms with Gasteiger partial charge in [-0.2, -0.15) is 12.6 Å². The summed E-state index contributed by atoms with van der Waals surface area (Å²) in [6.45, 7) is 0. The third kappa shape index (κ3) is 10.9. The summed E-state index contributed by atoms with van der Waals surface area (Å²) in [6.07, 6.45) is -1.62. The molecular weight excluding hydrogens is 484 g/mol. The van der Waals surface area contributed by atoms with Crippen LogP contribution in [0.2, 0.25) is 0 Å². The maximum absolute atomic E-state index is 13.0. The summed E-state index contributed by atoms with van der Waals surface area (Å²) < 4.78 is 0. The van der Waals surface area contributed by atoms with E-state index in [1.807, 2.05) is 0 Å². The number of carbonyl (C=O) groups is 6. The Morgan fingerprint density at radius 2 is 1.34 bits per heavy atom. The van der Waals surface area contributed by atoms with Gasteiger partial charge in [-0.15, -0.1) is 0 Å². The normalized spacial score (nSPS) is 14.0. The summed E-state index contributed by atoms with van der Waals surface area (Å²) in [6, 6.07) is 2.87. The lowest BCUT2D eigenvalue weighted by molar-refractivity contribution is -0.142. The van der Waals surface area contributed by atoms with Gasteiger partial charge in [0.1, 0.15) is 18.1 Å². The van der Waals surface area contributed by atoms with Gasteiger partial charge in [-0.25, -0.2) is 4.79 Å². The van der Waals surface area contributed by atoms with Crippen LogP contribution in [0.1, 0.15) is 24.8 Å². The first-order valence-corrected chi connectivity index (χ1v) is 11.1. The number of benzene rings is 1. The van der Waals surface area contributed by atoms with Gasteiger partial charge in [0, 0.05) is 18.6 Å². The molecule has 0 aromatic heterocycles. The lowest BCUT2D eigenvalue weighted by Crippen LogP contribution is -2.58. The van der Waals surface area contributed by atoms with E-state index in [4.69, 9.17) is 21.1 Å². The van der Waals surface area contributed by atoms with E-state index in [1.54, 1.807) is 30.3 Å². The molecule has 1 rings (SSSR count). The van der Waals surface area contributed by atoms with Gasteiger partial charge in [0.2, 0.25) is 17.7 Å². The smallest absolute Gasteiger partial charge is 0.327 e. The predicted molar refractivity (Wildman–Crippen MR) is 125 cm³/mol. The molecule has 3 amide bonds. The number of carboxylic acid groups (broad SMARTS) is 3. The quantitative estimate of drug-likeness (QED) is 0.125. The van der Waals surface area contributed by atoms with E-state index in [0.29, 0.717) is 5.56 Å². The molecule has 13 nitrogen and oxygen atoms in total. The van der Waals surface area contributed by atoms with Crippen molar-refractivity contribution in [1.29, 1.82) is 0 Å². The average Bonchev–Trinajstić information content (AvgIpc) is 2.79. The Morgan fingerprint density at radius 3 is 1.86 bits per heavy atom. The topological polar surface area (TPSA) is 225 Å². The molecule has 4 unspecified atom stereocenters. The zero-order valence-corrected chi connectivity index (χ0v) is 19.4. The average molecular weight is 513 g/mol. The fourth-order valence-electron chi connectivity index (χ4n) is 2.89. The summed E-state index contributed by atoms with van der Waals surface area (Å²) in [7, 11) is 0. The summed E-state index contributed by atoms with van der Waals surface area (Å²) in [5, 5.41) is 33.8. The number of carbonyl (C=O) groups excluding carboxylic acids is 3. The van der Waals surface area contributed by atoms with Crippen LogP contribution in [0.5, 0.6) is 0 Å². The van der Waals surface area contributed by atoms with Gasteiger partial charge in [-0.3, -0.25) is 24.0 Å². The molecule has 0 saturated carbocycles. The molecule has 1 aromatic rings. The van der Waals surface area contributed by atoms with Gasteiger partial charge in [0.05, 0.1) is 12.5 Å². The number of hydrogen-bond donors (Lipinski definition) is 8. The largest absolute Gasteiger partial charge is 0.481 e. The van der Waals surface area contributed by atoms with Gasteiger partial charge in [0.15, 0.2) is 0 Å². The van der Waals surface area contributed by atoms with E-state index < -0.39 is 72.6 Å². The number of amides is 3. The second kappa shape index (κ2) is 14.6. The highest BCUT2D eigenvalue weighted by atomic mass is 32.1. The first kappa shape index (κ1) is 29.4. The third-order valence-corrected chi connectivity index (χ3v) is 5.09. The van der Waals surface area contributed by atoms with Gasteiger partial charge >= 0.3 is 17.9 Å². The number of aliphatic carboxylic acids is 3. The van der Waals surface area contributed by atoms with Crippen molar-refractivity contribution in [3.63, 3.8) is 0 Å². The van der Waals surface area contributed by atoms with E-state index in [0.717, 1.165) is 0 Å². The first-order valence-electron chi connectivity index (χ1n) is 10.4. The Morgan fingerprint density at radius 1 is 0.800 bits per heavy atom. The molecule has 0 bridgehead atoms. The van der Waals surface area contributed by atoms with Gasteiger partial charge in [-0.1, -0.05) is 30.3 Å². The maximum atomic E-state index is 13.0. The van der Waals surface area contributed by atoms with E-state index in [1.165, 1.54) is 0 Å². The van der Waals surface area contributed by atoms with Crippen LogP contribution < -0.4 is 21.7 Å². The zero-order chi connectivity index (χ0) is 26.5. The second-order valence-electron chi connectivity index (χ2n) is 7.53. The van der Waals surface area contributed by atoms with Crippen molar-refractivity contribution in [1.82, 2.24) is 16.0 Å². The maximum Gasteiger partial charge on any atom is 0.327 e. The molecule has 192 valence electrons. The van der Waals surface area contributed by atoms with Crippen LogP contribution in [-0.4, -0.2) is 80.9 Å². The Balaban J connectivity index is 3.10. The molecule has 0 radical (unpaired) electrons. The minimum atomic E-state index is -1.45. The minimum Gasteiger partial charge on any atom is -0.481 e. The minimum absolute atomic E-state index is 0.0557. The van der Waals surface area contributed by atoms with Crippen LogP contribution in [-0.2, 0) is 35.2 Å². The Kier molecular flexibility index (Phi) is 12.2. The highest BCUT2D eigenvalue weighted by Crippen LogP contribution is 2.07. The molecule has 0 aliphatic carbocycles. The number of thiol groups is 1. The van der Waals surface area contributed by atoms with Crippen LogP contribution in [0.25, 0.3) is 0 Å². The Bertz CT molecular complexity index is 929. The molecule has 14 heteroatoms. The molecule has 8 N–H and O–H groups in total. The molecule has 0 aliphatic rings. The highest BCUT2D eigenvalue weighted by molar-refractivity contribution is 7.80. The monoisotopic (exact) mass is 512 g/mol. The van der Waals surface area contributed by atoms with Crippen molar-refractivity contribution >= 4 is 48.3 Å². The van der Waals surface area contributed by atoms with Crippen LogP contribution >= 0.6 is 12.6 Å². The summed E-state index contributed by atoms with van der Waals surface area (Å²) in [5.74, 6) is -6.96. The number of nitrogens with two attached hydrogens (primary N) is 1. The molecule has 4 atom stereocenters. The number of nitrogens with one attached hydrogen (secondary N) is 3. The summed E-state index contributed by atoms with van der Waals surface area (Å²) >= 11 is 3.84. The number of hydrogen-bond acceptors (Lipinski definition) is 8. The van der Waals surface area contributed by atoms with Crippen molar-refractivity contribution in [2.24, 2.45) is 5.73 Å². The lowest BCUT2D eigenvalue weighted by Gasteiger charge is -2.25. The van der Waals surface area contributed by atoms with Gasteiger partial charge in [-0.05, 0) is 12.0 Å². The van der Waals surface area contributed by atoms with Crippen LogP contribution in [0.4, 0.5) is 0 Å². The second-order valence-corrected chi connectivity index (χ2v) is 7.90. The van der Waals surface area contributed by atoms with E-state index in [9.17, 15) is 28.8 Å². The first-order chi connectivity index (χ1) is 16.4. The molecule has 0 heterocycles.